The van der Waals surface area contributed by atoms with E-state index in [1.54, 1.807) is 0 Å². The van der Waals surface area contributed by atoms with Gasteiger partial charge in [-0.05, 0) is 36.6 Å². The van der Waals surface area contributed by atoms with Crippen molar-refractivity contribution in [2.75, 3.05) is 11.5 Å². The first-order valence-corrected chi connectivity index (χ1v) is 13.1. The Balaban J connectivity index is 2.20. The third kappa shape index (κ3) is 11.4. The molecule has 1 heterocycles. The van der Waals surface area contributed by atoms with E-state index in [1.165, 1.54) is 108 Å². The average molecular weight is 370 g/mol. The molecule has 0 aromatic rings. The SMILES string of the molecule is CCCCCCCCCC(=O)C(CCCCCCCC)[S+]1CCCC1. The molecule has 0 saturated carbocycles. The molecule has 0 N–H and O–H groups in total. The third-order valence-electron chi connectivity index (χ3n) is 5.67. The van der Waals surface area contributed by atoms with Crippen molar-refractivity contribution >= 4 is 16.7 Å². The van der Waals surface area contributed by atoms with Crippen molar-refractivity contribution < 1.29 is 4.79 Å². The Morgan fingerprint density at radius 2 is 1.20 bits per heavy atom. The van der Waals surface area contributed by atoms with Crippen LogP contribution < -0.4 is 0 Å². The normalized spacial score (nSPS) is 16.4. The van der Waals surface area contributed by atoms with E-state index >= 15 is 0 Å². The molecule has 0 radical (unpaired) electrons. The van der Waals surface area contributed by atoms with E-state index in [2.05, 4.69) is 13.8 Å². The van der Waals surface area contributed by atoms with Crippen LogP contribution in [0.5, 0.6) is 0 Å². The molecule has 1 atom stereocenters. The van der Waals surface area contributed by atoms with E-state index < -0.39 is 0 Å². The molecular formula is C23H45OS+. The summed E-state index contributed by atoms with van der Waals surface area (Å²) < 4.78 is 0. The lowest BCUT2D eigenvalue weighted by atomic mass is 10.0. The van der Waals surface area contributed by atoms with E-state index in [1.807, 2.05) is 0 Å². The summed E-state index contributed by atoms with van der Waals surface area (Å²) in [5.41, 5.74) is 0. The molecule has 1 unspecified atom stereocenters. The smallest absolute Gasteiger partial charge is 0.184 e. The molecular weight excluding hydrogens is 324 g/mol. The number of unbranched alkanes of at least 4 members (excludes halogenated alkanes) is 11. The predicted molar refractivity (Wildman–Crippen MR) is 116 cm³/mol. The topological polar surface area (TPSA) is 17.1 Å². The summed E-state index contributed by atoms with van der Waals surface area (Å²) in [6.45, 7) is 4.55. The van der Waals surface area contributed by atoms with Gasteiger partial charge < -0.3 is 0 Å². The van der Waals surface area contributed by atoms with Crippen LogP contribution in [-0.2, 0) is 15.7 Å². The Bertz CT molecular complexity index is 309. The molecule has 0 aliphatic carbocycles. The molecule has 25 heavy (non-hydrogen) atoms. The third-order valence-corrected chi connectivity index (χ3v) is 8.60. The molecule has 1 rings (SSSR count). The van der Waals surface area contributed by atoms with Crippen LogP contribution in [0, 0.1) is 0 Å². The maximum Gasteiger partial charge on any atom is 0.184 e. The molecule has 0 aromatic heterocycles. The number of hydrogen-bond acceptors (Lipinski definition) is 1. The Morgan fingerprint density at radius 3 is 1.76 bits per heavy atom. The van der Waals surface area contributed by atoms with E-state index in [0.29, 0.717) is 21.9 Å². The average Bonchev–Trinajstić information content (AvgIpc) is 3.14. The van der Waals surface area contributed by atoms with Crippen molar-refractivity contribution in [3.05, 3.63) is 0 Å². The highest BCUT2D eigenvalue weighted by atomic mass is 32.2. The lowest BCUT2D eigenvalue weighted by molar-refractivity contribution is -0.118. The Hall–Kier alpha value is 0.0200. The summed E-state index contributed by atoms with van der Waals surface area (Å²) >= 11 is 0. The minimum absolute atomic E-state index is 0.435. The number of ketones is 1. The summed E-state index contributed by atoms with van der Waals surface area (Å²) in [5.74, 6) is 3.33. The zero-order valence-electron chi connectivity index (χ0n) is 17.3. The van der Waals surface area contributed by atoms with Crippen molar-refractivity contribution in [1.29, 1.82) is 0 Å². The van der Waals surface area contributed by atoms with Crippen LogP contribution in [0.25, 0.3) is 0 Å². The fraction of sp³-hybridized carbons (Fsp3) is 0.957. The van der Waals surface area contributed by atoms with Gasteiger partial charge in [-0.2, -0.15) is 0 Å². The largest absolute Gasteiger partial charge is 0.294 e. The van der Waals surface area contributed by atoms with E-state index in [0.717, 1.165) is 12.8 Å². The second-order valence-corrected chi connectivity index (χ2v) is 10.5. The lowest BCUT2D eigenvalue weighted by Gasteiger charge is -2.15. The van der Waals surface area contributed by atoms with Crippen LogP contribution >= 0.6 is 0 Å². The molecule has 1 aliphatic rings. The fourth-order valence-corrected chi connectivity index (χ4v) is 6.92. The highest BCUT2D eigenvalue weighted by molar-refractivity contribution is 7.98. The van der Waals surface area contributed by atoms with Gasteiger partial charge in [0.25, 0.3) is 0 Å². The Morgan fingerprint density at radius 1 is 0.720 bits per heavy atom. The van der Waals surface area contributed by atoms with Gasteiger partial charge in [0, 0.05) is 12.8 Å². The zero-order chi connectivity index (χ0) is 18.2. The van der Waals surface area contributed by atoms with Crippen LogP contribution in [0.4, 0.5) is 0 Å². The van der Waals surface area contributed by atoms with Crippen molar-refractivity contribution in [1.82, 2.24) is 0 Å². The minimum atomic E-state index is 0.435. The van der Waals surface area contributed by atoms with Gasteiger partial charge in [-0.3, -0.25) is 4.79 Å². The standard InChI is InChI=1S/C23H45OS/c1-3-5-7-9-11-12-14-18-22(24)23(25-20-16-17-21-25)19-15-13-10-8-6-4-2/h23H,3-21H2,1-2H3/q+1. The van der Waals surface area contributed by atoms with Crippen LogP contribution in [0.3, 0.4) is 0 Å². The molecule has 0 spiro atoms. The van der Waals surface area contributed by atoms with E-state index in [-0.39, 0.29) is 0 Å². The van der Waals surface area contributed by atoms with Gasteiger partial charge in [-0.25, -0.2) is 0 Å². The lowest BCUT2D eigenvalue weighted by Crippen LogP contribution is -2.31. The number of rotatable bonds is 17. The summed E-state index contributed by atoms with van der Waals surface area (Å²) in [5, 5.41) is 0.439. The Kier molecular flexibility index (Phi) is 15.0. The fourth-order valence-electron chi connectivity index (χ4n) is 4.00. The predicted octanol–water partition coefficient (Wildman–Crippen LogP) is 7.23. The molecule has 1 aliphatic heterocycles. The van der Waals surface area contributed by atoms with Crippen LogP contribution in [0.15, 0.2) is 0 Å². The summed E-state index contributed by atoms with van der Waals surface area (Å²) in [4.78, 5) is 12.8. The summed E-state index contributed by atoms with van der Waals surface area (Å²) in [6, 6.07) is 0. The maximum atomic E-state index is 12.8. The second kappa shape index (κ2) is 16.2. The Labute approximate surface area is 161 Å². The number of Topliss-reactive ketones (excluding diaryl/α,β-unsaturated/α-hetero) is 1. The van der Waals surface area contributed by atoms with Crippen molar-refractivity contribution in [3.63, 3.8) is 0 Å². The summed E-state index contributed by atoms with van der Waals surface area (Å²) in [6.07, 6.45) is 22.1. The molecule has 148 valence electrons. The zero-order valence-corrected chi connectivity index (χ0v) is 18.1. The minimum Gasteiger partial charge on any atom is -0.294 e. The van der Waals surface area contributed by atoms with Gasteiger partial charge in [-0.15, -0.1) is 0 Å². The van der Waals surface area contributed by atoms with Crippen molar-refractivity contribution in [3.8, 4) is 0 Å². The molecule has 1 nitrogen and oxygen atoms in total. The van der Waals surface area contributed by atoms with Gasteiger partial charge in [0.1, 0.15) is 11.5 Å². The van der Waals surface area contributed by atoms with Gasteiger partial charge >= 0.3 is 0 Å². The number of hydrogen-bond donors (Lipinski definition) is 0. The first-order chi connectivity index (χ1) is 12.3. The number of carbonyl (C=O) groups is 1. The highest BCUT2D eigenvalue weighted by Crippen LogP contribution is 2.25. The van der Waals surface area contributed by atoms with E-state index in [9.17, 15) is 4.79 Å². The van der Waals surface area contributed by atoms with Crippen LogP contribution in [0.1, 0.15) is 123 Å². The van der Waals surface area contributed by atoms with Crippen molar-refractivity contribution in [2.45, 2.75) is 128 Å². The first-order valence-electron chi connectivity index (χ1n) is 11.5. The monoisotopic (exact) mass is 369 g/mol. The molecule has 2 heteroatoms. The maximum absolute atomic E-state index is 12.8. The second-order valence-electron chi connectivity index (χ2n) is 8.04. The quantitative estimate of drug-likeness (QED) is 0.195. The van der Waals surface area contributed by atoms with Crippen LogP contribution in [0.2, 0.25) is 0 Å². The number of carbonyl (C=O) groups excluding carboxylic acids is 1. The molecule has 0 amide bonds. The molecule has 0 bridgehead atoms. The van der Waals surface area contributed by atoms with Crippen LogP contribution in [-0.4, -0.2) is 22.5 Å². The first kappa shape index (κ1) is 23.1. The van der Waals surface area contributed by atoms with Gasteiger partial charge in [-0.1, -0.05) is 84.5 Å². The molecule has 0 aromatic carbocycles. The summed E-state index contributed by atoms with van der Waals surface area (Å²) in [7, 11) is 0.435. The van der Waals surface area contributed by atoms with Crippen molar-refractivity contribution in [2.24, 2.45) is 0 Å². The van der Waals surface area contributed by atoms with Gasteiger partial charge in [0.15, 0.2) is 11.0 Å². The van der Waals surface area contributed by atoms with Gasteiger partial charge in [0.2, 0.25) is 0 Å². The highest BCUT2D eigenvalue weighted by Gasteiger charge is 2.37. The molecule has 1 fully saturated rings. The van der Waals surface area contributed by atoms with E-state index in [4.69, 9.17) is 0 Å². The molecule has 1 saturated heterocycles. The van der Waals surface area contributed by atoms with Gasteiger partial charge in [0.05, 0.1) is 0 Å².